The van der Waals surface area contributed by atoms with E-state index in [1.807, 2.05) is 29.0 Å². The van der Waals surface area contributed by atoms with Gasteiger partial charge in [-0.1, -0.05) is 23.9 Å². The molecule has 0 saturated carbocycles. The number of carbonyl (C=O) groups excluding carboxylic acids is 1. The topological polar surface area (TPSA) is 79.0 Å². The smallest absolute Gasteiger partial charge is 0.263 e. The van der Waals surface area contributed by atoms with Gasteiger partial charge in [-0.15, -0.1) is 29.3 Å². The lowest BCUT2D eigenvalue weighted by atomic mass is 10.2. The monoisotopic (exact) mass is 510 g/mol. The molecule has 0 saturated heterocycles. The van der Waals surface area contributed by atoms with Crippen molar-refractivity contribution in [3.8, 4) is 16.5 Å². The minimum atomic E-state index is -0.408. The summed E-state index contributed by atoms with van der Waals surface area (Å²) >= 11 is 4.11. The number of rotatable bonds is 9. The number of allylic oxidation sites excluding steroid dienone is 1. The zero-order valence-corrected chi connectivity index (χ0v) is 20.4. The van der Waals surface area contributed by atoms with Gasteiger partial charge < -0.3 is 4.90 Å². The quantitative estimate of drug-likeness (QED) is 0.168. The molecule has 0 aliphatic heterocycles. The fraction of sp³-hybridized carbons (Fsp3) is 0.167. The number of hydrogen-bond acceptors (Lipinski definition) is 7. The van der Waals surface area contributed by atoms with Crippen LogP contribution in [0.4, 0.5) is 10.1 Å². The van der Waals surface area contributed by atoms with E-state index in [0.717, 1.165) is 22.2 Å². The average molecular weight is 511 g/mol. The highest BCUT2D eigenvalue weighted by Crippen LogP contribution is 2.34. The number of nitrogens with zero attached hydrogens (tertiary/aromatic N) is 4. The lowest BCUT2D eigenvalue weighted by molar-refractivity contribution is -0.116. The van der Waals surface area contributed by atoms with Gasteiger partial charge in [0.25, 0.3) is 5.56 Å². The van der Waals surface area contributed by atoms with Crippen molar-refractivity contribution in [2.24, 2.45) is 0 Å². The highest BCUT2D eigenvalue weighted by atomic mass is 32.2. The fourth-order valence-corrected chi connectivity index (χ4v) is 6.09. The van der Waals surface area contributed by atoms with E-state index in [1.54, 1.807) is 17.4 Å². The fourth-order valence-electron chi connectivity index (χ4n) is 3.40. The first-order chi connectivity index (χ1) is 16.5. The van der Waals surface area contributed by atoms with Crippen LogP contribution in [0.3, 0.4) is 0 Å². The van der Waals surface area contributed by atoms with Gasteiger partial charge in [-0.2, -0.15) is 5.26 Å². The first-order valence-electron chi connectivity index (χ1n) is 10.3. The summed E-state index contributed by atoms with van der Waals surface area (Å²) < 4.78 is 14.9. The number of benzene rings is 1. The van der Waals surface area contributed by atoms with Gasteiger partial charge in [0, 0.05) is 34.6 Å². The molecule has 10 heteroatoms. The van der Waals surface area contributed by atoms with E-state index in [-0.39, 0.29) is 36.7 Å². The van der Waals surface area contributed by atoms with Crippen LogP contribution in [-0.4, -0.2) is 27.8 Å². The highest BCUT2D eigenvalue weighted by Gasteiger charge is 2.20. The first kappa shape index (κ1) is 23.9. The maximum absolute atomic E-state index is 13.4. The Labute approximate surface area is 207 Å². The van der Waals surface area contributed by atoms with E-state index >= 15 is 0 Å². The van der Waals surface area contributed by atoms with Crippen LogP contribution >= 0.6 is 34.4 Å². The van der Waals surface area contributed by atoms with E-state index in [0.29, 0.717) is 21.1 Å². The second-order valence-corrected chi connectivity index (χ2v) is 9.87. The molecular weight excluding hydrogens is 491 g/mol. The lowest BCUT2D eigenvalue weighted by Crippen LogP contribution is -2.33. The normalized spacial score (nSPS) is 10.8. The summed E-state index contributed by atoms with van der Waals surface area (Å²) in [7, 11) is 0. The predicted octanol–water partition coefficient (Wildman–Crippen LogP) is 5.55. The second-order valence-electron chi connectivity index (χ2n) is 7.12. The largest absolute Gasteiger partial charge is 0.311 e. The maximum Gasteiger partial charge on any atom is 0.263 e. The van der Waals surface area contributed by atoms with Crippen molar-refractivity contribution in [2.45, 2.75) is 18.1 Å². The third-order valence-corrected chi connectivity index (χ3v) is 7.70. The molecule has 34 heavy (non-hydrogen) atoms. The van der Waals surface area contributed by atoms with Gasteiger partial charge in [0.2, 0.25) is 5.91 Å². The third-order valence-electron chi connectivity index (χ3n) is 4.97. The number of hydrogen-bond donors (Lipinski definition) is 0. The number of aromatic nitrogens is 2. The first-order valence-corrected chi connectivity index (χ1v) is 13.0. The van der Waals surface area contributed by atoms with Crippen LogP contribution in [0.25, 0.3) is 20.7 Å². The Hall–Kier alpha value is -3.26. The van der Waals surface area contributed by atoms with Gasteiger partial charge in [0.05, 0.1) is 23.6 Å². The van der Waals surface area contributed by atoms with Crippen molar-refractivity contribution in [3.05, 3.63) is 76.0 Å². The number of fused-ring (bicyclic) bond motifs is 1. The van der Waals surface area contributed by atoms with E-state index in [1.165, 1.54) is 45.1 Å². The summed E-state index contributed by atoms with van der Waals surface area (Å²) in [5, 5.41) is 13.9. The molecule has 1 amide bonds. The Morgan fingerprint density at radius 2 is 2.09 bits per heavy atom. The maximum atomic E-state index is 13.4. The molecule has 0 N–H and O–H groups in total. The van der Waals surface area contributed by atoms with Gasteiger partial charge in [-0.3, -0.25) is 14.2 Å². The van der Waals surface area contributed by atoms with E-state index in [9.17, 15) is 14.0 Å². The number of halogens is 1. The standard InChI is InChI=1S/C24H19FN4O2S3/c1-2-11-29-23(31)21-18(19-5-3-13-32-19)14-33-22(21)27-24(29)34-15-20(30)28(12-4-10-26)17-8-6-16(25)7-9-17/h2-3,5-9,13-14H,1,4,11-12,15H2. The molecule has 0 atom stereocenters. The van der Waals surface area contributed by atoms with Crippen LogP contribution in [-0.2, 0) is 11.3 Å². The third kappa shape index (κ3) is 4.97. The molecule has 3 aromatic heterocycles. The van der Waals surface area contributed by atoms with E-state index < -0.39 is 5.82 Å². The SMILES string of the molecule is C=CCn1c(SCC(=O)N(CCC#N)c2ccc(F)cc2)nc2scc(-c3cccs3)c2c1=O. The molecule has 172 valence electrons. The molecule has 0 spiro atoms. The predicted molar refractivity (Wildman–Crippen MR) is 137 cm³/mol. The van der Waals surface area contributed by atoms with Crippen LogP contribution in [0.1, 0.15) is 6.42 Å². The summed E-state index contributed by atoms with van der Waals surface area (Å²) in [5.74, 6) is -0.674. The van der Waals surface area contributed by atoms with Gasteiger partial charge >= 0.3 is 0 Å². The van der Waals surface area contributed by atoms with Gasteiger partial charge in [0.15, 0.2) is 5.16 Å². The van der Waals surface area contributed by atoms with E-state index in [2.05, 4.69) is 6.58 Å². The summed E-state index contributed by atoms with van der Waals surface area (Å²) in [6, 6.07) is 11.5. The number of thiophene rings is 2. The Balaban J connectivity index is 1.64. The Bertz CT molecular complexity index is 1420. The van der Waals surface area contributed by atoms with Crippen molar-refractivity contribution >= 4 is 56.2 Å². The summed E-state index contributed by atoms with van der Waals surface area (Å²) in [6.45, 7) is 4.19. The van der Waals surface area contributed by atoms with Crippen LogP contribution in [0.2, 0.25) is 0 Å². The molecule has 0 aliphatic carbocycles. The van der Waals surface area contributed by atoms with Crippen molar-refractivity contribution in [1.82, 2.24) is 9.55 Å². The average Bonchev–Trinajstić information content (AvgIpc) is 3.51. The van der Waals surface area contributed by atoms with Crippen LogP contribution < -0.4 is 10.5 Å². The van der Waals surface area contributed by atoms with Crippen molar-refractivity contribution in [3.63, 3.8) is 0 Å². The summed E-state index contributed by atoms with van der Waals surface area (Å²) in [5.41, 5.74) is 1.19. The summed E-state index contributed by atoms with van der Waals surface area (Å²) in [4.78, 5) is 34.2. The minimum Gasteiger partial charge on any atom is -0.311 e. The Morgan fingerprint density at radius 1 is 1.29 bits per heavy atom. The summed E-state index contributed by atoms with van der Waals surface area (Å²) in [6.07, 6.45) is 1.76. The van der Waals surface area contributed by atoms with E-state index in [4.69, 9.17) is 10.2 Å². The molecule has 3 heterocycles. The molecule has 0 unspecified atom stereocenters. The zero-order chi connectivity index (χ0) is 24.1. The Morgan fingerprint density at radius 3 is 2.76 bits per heavy atom. The second kappa shape index (κ2) is 10.8. The molecule has 6 nitrogen and oxygen atoms in total. The van der Waals surface area contributed by atoms with Gasteiger partial charge in [-0.25, -0.2) is 9.37 Å². The minimum absolute atomic E-state index is 0.00104. The molecule has 1 aromatic carbocycles. The number of amides is 1. The molecule has 4 rings (SSSR count). The molecule has 0 bridgehead atoms. The zero-order valence-electron chi connectivity index (χ0n) is 17.9. The molecular formula is C24H19FN4O2S3. The number of carbonyl (C=O) groups is 1. The number of thioether (sulfide) groups is 1. The molecule has 0 radical (unpaired) electrons. The molecule has 0 aliphatic rings. The van der Waals surface area contributed by atoms with Crippen molar-refractivity contribution in [1.29, 1.82) is 5.26 Å². The number of nitriles is 1. The van der Waals surface area contributed by atoms with Gasteiger partial charge in [0.1, 0.15) is 10.6 Å². The number of anilines is 1. The molecule has 0 fully saturated rings. The van der Waals surface area contributed by atoms with Crippen molar-refractivity contribution < 1.29 is 9.18 Å². The molecule has 4 aromatic rings. The highest BCUT2D eigenvalue weighted by molar-refractivity contribution is 7.99. The van der Waals surface area contributed by atoms with Gasteiger partial charge in [-0.05, 0) is 35.7 Å². The van der Waals surface area contributed by atoms with Crippen LogP contribution in [0.15, 0.2) is 69.8 Å². The Kier molecular flexibility index (Phi) is 7.57. The lowest BCUT2D eigenvalue weighted by Gasteiger charge is -2.22. The van der Waals surface area contributed by atoms with Crippen LogP contribution in [0.5, 0.6) is 0 Å². The van der Waals surface area contributed by atoms with Crippen LogP contribution in [0, 0.1) is 17.1 Å². The van der Waals surface area contributed by atoms with Crippen molar-refractivity contribution in [2.75, 3.05) is 17.2 Å².